The van der Waals surface area contributed by atoms with Crippen LogP contribution in [0.5, 0.6) is 0 Å². The number of aromatic nitrogens is 4. The maximum atomic E-state index is 14.8. The zero-order chi connectivity index (χ0) is 14.2. The lowest BCUT2D eigenvalue weighted by Crippen LogP contribution is -2.28. The topological polar surface area (TPSA) is 67.9 Å². The van der Waals surface area contributed by atoms with Gasteiger partial charge in [0.1, 0.15) is 0 Å². The van der Waals surface area contributed by atoms with Crippen LogP contribution in [0.1, 0.15) is 30.6 Å². The Balaban J connectivity index is 1.78. The summed E-state index contributed by atoms with van der Waals surface area (Å²) >= 11 is 0. The van der Waals surface area contributed by atoms with E-state index in [1.54, 1.807) is 24.2 Å². The van der Waals surface area contributed by atoms with E-state index < -0.39 is 5.67 Å². The van der Waals surface area contributed by atoms with Crippen LogP contribution in [0.15, 0.2) is 16.9 Å². The molecule has 3 rings (SSSR count). The second kappa shape index (κ2) is 4.81. The molecular weight excluding hydrogens is 261 g/mol. The van der Waals surface area contributed by atoms with E-state index in [0.717, 1.165) is 12.0 Å². The Bertz CT molecular complexity index is 599. The lowest BCUT2D eigenvalue weighted by molar-refractivity contribution is 0.135. The van der Waals surface area contributed by atoms with Crippen molar-refractivity contribution in [2.45, 2.75) is 32.4 Å². The fourth-order valence-corrected chi connectivity index (χ4v) is 2.29. The molecule has 0 amide bonds. The summed E-state index contributed by atoms with van der Waals surface area (Å²) in [4.78, 5) is 14.4. The average Bonchev–Trinajstić information content (AvgIpc) is 3.07. The number of nitrogens with zero attached hydrogens (tertiary/aromatic N) is 5. The molecule has 1 fully saturated rings. The molecule has 3 heterocycles. The molecular formula is C13H16FN5O. The van der Waals surface area contributed by atoms with Crippen molar-refractivity contribution >= 4 is 5.95 Å². The van der Waals surface area contributed by atoms with Crippen LogP contribution in [-0.4, -0.2) is 33.2 Å². The Morgan fingerprint density at radius 3 is 2.75 bits per heavy atom. The van der Waals surface area contributed by atoms with Gasteiger partial charge < -0.3 is 9.42 Å². The molecule has 6 nitrogen and oxygen atoms in total. The predicted molar refractivity (Wildman–Crippen MR) is 70.1 cm³/mol. The Morgan fingerprint density at radius 2 is 2.15 bits per heavy atom. The van der Waals surface area contributed by atoms with E-state index in [0.29, 0.717) is 24.7 Å². The van der Waals surface area contributed by atoms with Crippen LogP contribution < -0.4 is 4.90 Å². The second-order valence-corrected chi connectivity index (χ2v) is 5.03. The van der Waals surface area contributed by atoms with E-state index >= 15 is 0 Å². The minimum absolute atomic E-state index is 0.0441. The van der Waals surface area contributed by atoms with Crippen molar-refractivity contribution in [3.8, 4) is 0 Å². The second-order valence-electron chi connectivity index (χ2n) is 5.03. The zero-order valence-corrected chi connectivity index (χ0v) is 11.5. The van der Waals surface area contributed by atoms with E-state index in [1.807, 2.05) is 6.92 Å². The van der Waals surface area contributed by atoms with Crippen molar-refractivity contribution in [2.24, 2.45) is 0 Å². The quantitative estimate of drug-likeness (QED) is 0.852. The summed E-state index contributed by atoms with van der Waals surface area (Å²) in [5.41, 5.74) is -0.555. The van der Waals surface area contributed by atoms with Crippen LogP contribution in [0.4, 0.5) is 10.3 Å². The standard InChI is InChI=1S/C13H16FN5O/c1-3-10-6-15-12(16-7-10)19-5-4-13(14,8-19)11-17-9(2)18-20-11/h6-7H,3-5,8H2,1-2H3. The summed E-state index contributed by atoms with van der Waals surface area (Å²) in [5, 5.41) is 3.65. The van der Waals surface area contributed by atoms with Crippen LogP contribution in [0.3, 0.4) is 0 Å². The third-order valence-corrected chi connectivity index (χ3v) is 3.51. The first-order valence-electron chi connectivity index (χ1n) is 6.66. The number of anilines is 1. The number of rotatable bonds is 3. The molecule has 1 atom stereocenters. The highest BCUT2D eigenvalue weighted by molar-refractivity contribution is 5.34. The largest absolute Gasteiger partial charge is 0.337 e. The number of hydrogen-bond acceptors (Lipinski definition) is 6. The smallest absolute Gasteiger partial charge is 0.266 e. The Hall–Kier alpha value is -2.05. The summed E-state index contributed by atoms with van der Waals surface area (Å²) < 4.78 is 19.8. The van der Waals surface area contributed by atoms with Gasteiger partial charge in [-0.1, -0.05) is 12.1 Å². The monoisotopic (exact) mass is 277 g/mol. The molecule has 2 aromatic rings. The van der Waals surface area contributed by atoms with Crippen LogP contribution in [-0.2, 0) is 12.1 Å². The predicted octanol–water partition coefficient (Wildman–Crippen LogP) is 1.81. The zero-order valence-electron chi connectivity index (χ0n) is 11.5. The van der Waals surface area contributed by atoms with Crippen LogP contribution >= 0.6 is 0 Å². The highest BCUT2D eigenvalue weighted by Gasteiger charge is 2.45. The summed E-state index contributed by atoms with van der Waals surface area (Å²) in [6, 6.07) is 0. The molecule has 1 saturated heterocycles. The van der Waals surface area contributed by atoms with Gasteiger partial charge >= 0.3 is 0 Å². The van der Waals surface area contributed by atoms with Crippen molar-refractivity contribution in [1.82, 2.24) is 20.1 Å². The molecule has 0 N–H and O–H groups in total. The van der Waals surface area contributed by atoms with Crippen LogP contribution in [0, 0.1) is 6.92 Å². The molecule has 0 aliphatic carbocycles. The summed E-state index contributed by atoms with van der Waals surface area (Å²) in [5.74, 6) is 1.03. The molecule has 1 aliphatic heterocycles. The third kappa shape index (κ3) is 2.23. The molecule has 106 valence electrons. The number of alkyl halides is 1. The number of halogens is 1. The first-order chi connectivity index (χ1) is 9.60. The highest BCUT2D eigenvalue weighted by atomic mass is 19.1. The lowest BCUT2D eigenvalue weighted by Gasteiger charge is -2.17. The molecule has 2 aromatic heterocycles. The van der Waals surface area contributed by atoms with Gasteiger partial charge in [0.25, 0.3) is 5.89 Å². The molecule has 0 bridgehead atoms. The van der Waals surface area contributed by atoms with Gasteiger partial charge in [0.15, 0.2) is 5.82 Å². The SMILES string of the molecule is CCc1cnc(N2CCC(F)(c3nc(C)no3)C2)nc1. The minimum atomic E-state index is -1.62. The fourth-order valence-electron chi connectivity index (χ4n) is 2.29. The number of aryl methyl sites for hydroxylation is 2. The molecule has 0 radical (unpaired) electrons. The maximum absolute atomic E-state index is 14.8. The van der Waals surface area contributed by atoms with E-state index in [1.165, 1.54) is 0 Å². The van der Waals surface area contributed by atoms with Crippen LogP contribution in [0.25, 0.3) is 0 Å². The van der Waals surface area contributed by atoms with Gasteiger partial charge in [0.2, 0.25) is 11.6 Å². The van der Waals surface area contributed by atoms with Gasteiger partial charge in [-0.25, -0.2) is 14.4 Å². The third-order valence-electron chi connectivity index (χ3n) is 3.51. The van der Waals surface area contributed by atoms with E-state index in [4.69, 9.17) is 4.52 Å². The van der Waals surface area contributed by atoms with Gasteiger partial charge in [-0.15, -0.1) is 0 Å². The molecule has 0 aromatic carbocycles. The molecule has 7 heteroatoms. The Kier molecular flexibility index (Phi) is 3.11. The summed E-state index contributed by atoms with van der Waals surface area (Å²) in [6.45, 7) is 4.39. The lowest BCUT2D eigenvalue weighted by atomic mass is 10.1. The van der Waals surface area contributed by atoms with E-state index in [-0.39, 0.29) is 12.4 Å². The fraction of sp³-hybridized carbons (Fsp3) is 0.538. The summed E-state index contributed by atoms with van der Waals surface area (Å²) in [7, 11) is 0. The van der Waals surface area contributed by atoms with Crippen LogP contribution in [0.2, 0.25) is 0 Å². The van der Waals surface area contributed by atoms with Gasteiger partial charge in [-0.3, -0.25) is 0 Å². The normalized spacial score (nSPS) is 22.4. The van der Waals surface area contributed by atoms with E-state index in [2.05, 4.69) is 20.1 Å². The molecule has 0 saturated carbocycles. The van der Waals surface area contributed by atoms with E-state index in [9.17, 15) is 4.39 Å². The molecule has 20 heavy (non-hydrogen) atoms. The van der Waals surface area contributed by atoms with Gasteiger partial charge in [-0.05, 0) is 18.9 Å². The highest BCUT2D eigenvalue weighted by Crippen LogP contribution is 2.36. The van der Waals surface area contributed by atoms with Gasteiger partial charge in [0.05, 0.1) is 6.54 Å². The van der Waals surface area contributed by atoms with Crippen molar-refractivity contribution < 1.29 is 8.91 Å². The van der Waals surface area contributed by atoms with Crippen molar-refractivity contribution in [1.29, 1.82) is 0 Å². The average molecular weight is 277 g/mol. The first-order valence-corrected chi connectivity index (χ1v) is 6.66. The first kappa shape index (κ1) is 13.0. The Labute approximate surface area is 116 Å². The maximum Gasteiger partial charge on any atom is 0.266 e. The minimum Gasteiger partial charge on any atom is -0.337 e. The Morgan fingerprint density at radius 1 is 1.40 bits per heavy atom. The van der Waals surface area contributed by atoms with Gasteiger partial charge in [-0.2, -0.15) is 4.98 Å². The van der Waals surface area contributed by atoms with Crippen molar-refractivity contribution in [3.05, 3.63) is 29.7 Å². The van der Waals surface area contributed by atoms with Crippen molar-refractivity contribution in [2.75, 3.05) is 18.0 Å². The molecule has 0 spiro atoms. The number of hydrogen-bond donors (Lipinski definition) is 0. The molecule has 1 aliphatic rings. The summed E-state index contributed by atoms with van der Waals surface area (Å²) in [6.07, 6.45) is 4.73. The van der Waals surface area contributed by atoms with Gasteiger partial charge in [0, 0.05) is 25.4 Å². The van der Waals surface area contributed by atoms with Crippen molar-refractivity contribution in [3.63, 3.8) is 0 Å². The molecule has 1 unspecified atom stereocenters.